The minimum absolute atomic E-state index is 0.0862. The van der Waals surface area contributed by atoms with Gasteiger partial charge in [-0.25, -0.2) is 9.78 Å². The molecule has 208 valence electrons. The highest BCUT2D eigenvalue weighted by Crippen LogP contribution is 2.18. The van der Waals surface area contributed by atoms with Gasteiger partial charge in [-0.1, -0.05) is 0 Å². The lowest BCUT2D eigenvalue weighted by Crippen LogP contribution is -2.58. The van der Waals surface area contributed by atoms with E-state index in [-0.39, 0.29) is 12.3 Å². The van der Waals surface area contributed by atoms with Crippen molar-refractivity contribution in [3.8, 4) is 0 Å². The van der Waals surface area contributed by atoms with E-state index in [1.807, 2.05) is 0 Å². The standard InChI is InChI=1S/C22H31N7O9/c1-11(30)29-6-2-3-16(29)21(36)27-14(7-12-9-24-10-25-12)20(35)26-13(4-5-18(32)33)19(34)28-15(22(37)38)8-17(23)31/h9-10,13-16H,2-8H2,1H3,(H2,23,31)(H,24,25)(H,26,35)(H,27,36)(H,28,34)(H,32,33)(H,37,38)/t13-,14-,15-,16-/m0/s1. The molecule has 0 bridgehead atoms. The van der Waals surface area contributed by atoms with Crippen molar-refractivity contribution in [1.82, 2.24) is 30.8 Å². The topological polar surface area (TPSA) is 254 Å². The van der Waals surface area contributed by atoms with E-state index in [0.29, 0.717) is 25.1 Å². The third-order valence-electron chi connectivity index (χ3n) is 5.87. The summed E-state index contributed by atoms with van der Waals surface area (Å²) < 4.78 is 0. The normalized spacial score (nSPS) is 17.1. The molecule has 0 unspecified atom stereocenters. The fourth-order valence-corrected chi connectivity index (χ4v) is 3.99. The molecule has 0 radical (unpaired) electrons. The third kappa shape index (κ3) is 8.86. The van der Waals surface area contributed by atoms with Crippen molar-refractivity contribution >= 4 is 41.5 Å². The Balaban J connectivity index is 2.23. The number of nitrogens with two attached hydrogens (primary N) is 1. The predicted molar refractivity (Wildman–Crippen MR) is 127 cm³/mol. The zero-order chi connectivity index (χ0) is 28.4. The summed E-state index contributed by atoms with van der Waals surface area (Å²) in [4.78, 5) is 92.6. The van der Waals surface area contributed by atoms with Crippen molar-refractivity contribution in [3.05, 3.63) is 18.2 Å². The molecule has 0 saturated carbocycles. The van der Waals surface area contributed by atoms with Gasteiger partial charge in [0, 0.05) is 38.2 Å². The molecule has 16 nitrogen and oxygen atoms in total. The number of aliphatic carboxylic acids is 2. The average molecular weight is 538 g/mol. The monoisotopic (exact) mass is 537 g/mol. The number of carboxylic acid groups (broad SMARTS) is 2. The van der Waals surface area contributed by atoms with Crippen LogP contribution in [-0.2, 0) is 40.0 Å². The van der Waals surface area contributed by atoms with Crippen LogP contribution in [0.5, 0.6) is 0 Å². The Bertz CT molecular complexity index is 1060. The number of aromatic amines is 1. The summed E-state index contributed by atoms with van der Waals surface area (Å²) in [6, 6.07) is -5.28. The molecule has 8 N–H and O–H groups in total. The summed E-state index contributed by atoms with van der Waals surface area (Å²) in [5.74, 6) is -6.65. The minimum Gasteiger partial charge on any atom is -0.481 e. The molecule has 1 saturated heterocycles. The number of carboxylic acids is 2. The quantitative estimate of drug-likeness (QED) is 0.129. The first-order chi connectivity index (χ1) is 17.9. The van der Waals surface area contributed by atoms with Crippen molar-refractivity contribution in [2.24, 2.45) is 5.73 Å². The van der Waals surface area contributed by atoms with E-state index in [9.17, 15) is 38.7 Å². The number of hydrogen-bond acceptors (Lipinski definition) is 8. The van der Waals surface area contributed by atoms with Gasteiger partial charge in [-0.3, -0.25) is 28.8 Å². The fraction of sp³-hybridized carbons (Fsp3) is 0.545. The maximum absolute atomic E-state index is 13.2. The number of nitrogens with zero attached hydrogens (tertiary/aromatic N) is 2. The Morgan fingerprint density at radius 1 is 1.08 bits per heavy atom. The molecule has 2 rings (SSSR count). The number of imidazole rings is 1. The Morgan fingerprint density at radius 2 is 1.74 bits per heavy atom. The van der Waals surface area contributed by atoms with Gasteiger partial charge in [-0.2, -0.15) is 0 Å². The van der Waals surface area contributed by atoms with Crippen LogP contribution in [0.4, 0.5) is 0 Å². The molecular weight excluding hydrogens is 506 g/mol. The molecule has 1 fully saturated rings. The maximum atomic E-state index is 13.2. The number of H-pyrrole nitrogens is 1. The molecule has 1 aromatic heterocycles. The van der Waals surface area contributed by atoms with Crippen LogP contribution in [0.25, 0.3) is 0 Å². The molecular formula is C22H31N7O9. The molecule has 38 heavy (non-hydrogen) atoms. The number of amides is 5. The number of rotatable bonds is 14. The van der Waals surface area contributed by atoms with Crippen LogP contribution in [0, 0.1) is 0 Å². The Hall–Kier alpha value is -4.50. The van der Waals surface area contributed by atoms with E-state index in [1.165, 1.54) is 24.3 Å². The van der Waals surface area contributed by atoms with Gasteiger partial charge in [0.2, 0.25) is 29.5 Å². The van der Waals surface area contributed by atoms with Crippen molar-refractivity contribution in [2.45, 2.75) is 69.6 Å². The summed E-state index contributed by atoms with van der Waals surface area (Å²) in [6.07, 6.45) is 1.98. The van der Waals surface area contributed by atoms with Gasteiger partial charge in [-0.15, -0.1) is 0 Å². The van der Waals surface area contributed by atoms with Crippen LogP contribution >= 0.6 is 0 Å². The van der Waals surface area contributed by atoms with Crippen LogP contribution in [0.2, 0.25) is 0 Å². The summed E-state index contributed by atoms with van der Waals surface area (Å²) >= 11 is 0. The third-order valence-corrected chi connectivity index (χ3v) is 5.87. The molecule has 0 aliphatic carbocycles. The molecule has 0 aromatic carbocycles. The second kappa shape index (κ2) is 13.7. The zero-order valence-corrected chi connectivity index (χ0v) is 20.6. The van der Waals surface area contributed by atoms with Gasteiger partial charge in [0.25, 0.3) is 0 Å². The van der Waals surface area contributed by atoms with Gasteiger partial charge < -0.3 is 41.8 Å². The van der Waals surface area contributed by atoms with Crippen LogP contribution in [-0.4, -0.2) is 97.3 Å². The average Bonchev–Trinajstić information content (AvgIpc) is 3.52. The van der Waals surface area contributed by atoms with Crippen molar-refractivity contribution in [2.75, 3.05) is 6.54 Å². The zero-order valence-electron chi connectivity index (χ0n) is 20.6. The number of hydrogen-bond donors (Lipinski definition) is 7. The summed E-state index contributed by atoms with van der Waals surface area (Å²) in [5.41, 5.74) is 5.48. The summed E-state index contributed by atoms with van der Waals surface area (Å²) in [5, 5.41) is 25.3. The van der Waals surface area contributed by atoms with Crippen LogP contribution < -0.4 is 21.7 Å². The number of carbonyl (C=O) groups is 7. The van der Waals surface area contributed by atoms with Gasteiger partial charge in [0.05, 0.1) is 12.7 Å². The predicted octanol–water partition coefficient (Wildman–Crippen LogP) is -2.76. The van der Waals surface area contributed by atoms with Crippen molar-refractivity contribution in [1.29, 1.82) is 0 Å². The van der Waals surface area contributed by atoms with Gasteiger partial charge in [0.1, 0.15) is 24.2 Å². The van der Waals surface area contributed by atoms with E-state index in [4.69, 9.17) is 10.8 Å². The number of carbonyl (C=O) groups excluding carboxylic acids is 5. The SMILES string of the molecule is CC(=O)N1CCC[C@H]1C(=O)N[C@@H](Cc1cnc[nH]1)C(=O)N[C@@H](CCC(=O)O)C(=O)N[C@@H](CC(N)=O)C(=O)O. The van der Waals surface area contributed by atoms with Crippen molar-refractivity contribution in [3.63, 3.8) is 0 Å². The Labute approximate surface area is 216 Å². The lowest BCUT2D eigenvalue weighted by Gasteiger charge is -2.27. The lowest BCUT2D eigenvalue weighted by molar-refractivity contribution is -0.144. The van der Waals surface area contributed by atoms with Gasteiger partial charge >= 0.3 is 11.9 Å². The van der Waals surface area contributed by atoms with E-state index in [0.717, 1.165) is 0 Å². The molecule has 5 amide bonds. The van der Waals surface area contributed by atoms with Crippen LogP contribution in [0.15, 0.2) is 12.5 Å². The highest BCUT2D eigenvalue weighted by atomic mass is 16.4. The Kier molecular flexibility index (Phi) is 10.7. The number of aromatic nitrogens is 2. The largest absolute Gasteiger partial charge is 0.481 e. The first kappa shape index (κ1) is 29.7. The van der Waals surface area contributed by atoms with Crippen LogP contribution in [0.1, 0.15) is 44.7 Å². The molecule has 16 heteroatoms. The number of primary amides is 1. The van der Waals surface area contributed by atoms with E-state index < -0.39 is 79.0 Å². The van der Waals surface area contributed by atoms with E-state index in [1.54, 1.807) is 0 Å². The molecule has 1 aromatic rings. The first-order valence-electron chi connectivity index (χ1n) is 11.8. The molecule has 4 atom stereocenters. The fourth-order valence-electron chi connectivity index (χ4n) is 3.99. The molecule has 1 aliphatic rings. The van der Waals surface area contributed by atoms with Gasteiger partial charge in [0.15, 0.2) is 0 Å². The first-order valence-corrected chi connectivity index (χ1v) is 11.8. The highest BCUT2D eigenvalue weighted by molar-refractivity contribution is 5.95. The minimum atomic E-state index is -1.70. The summed E-state index contributed by atoms with van der Waals surface area (Å²) in [6.45, 7) is 1.72. The molecule has 2 heterocycles. The van der Waals surface area contributed by atoms with Crippen LogP contribution in [0.3, 0.4) is 0 Å². The lowest BCUT2D eigenvalue weighted by atomic mass is 10.1. The van der Waals surface area contributed by atoms with E-state index >= 15 is 0 Å². The molecule has 0 spiro atoms. The Morgan fingerprint density at radius 3 is 2.29 bits per heavy atom. The number of nitrogens with one attached hydrogen (secondary N) is 4. The van der Waals surface area contributed by atoms with E-state index in [2.05, 4.69) is 25.9 Å². The van der Waals surface area contributed by atoms with Gasteiger partial charge in [-0.05, 0) is 19.3 Å². The highest BCUT2D eigenvalue weighted by Gasteiger charge is 2.36. The molecule has 1 aliphatic heterocycles. The second-order valence-electron chi connectivity index (χ2n) is 8.78. The summed E-state index contributed by atoms with van der Waals surface area (Å²) in [7, 11) is 0. The second-order valence-corrected chi connectivity index (χ2v) is 8.78. The van der Waals surface area contributed by atoms with Crippen molar-refractivity contribution < 1.29 is 43.8 Å². The smallest absolute Gasteiger partial charge is 0.326 e. The number of likely N-dealkylation sites (tertiary alicyclic amines) is 1. The maximum Gasteiger partial charge on any atom is 0.326 e.